The Kier molecular flexibility index (Phi) is 6.02. The van der Waals surface area contributed by atoms with Crippen molar-refractivity contribution in [1.82, 2.24) is 20.4 Å². The van der Waals surface area contributed by atoms with Crippen LogP contribution in [0, 0.1) is 17.1 Å². The van der Waals surface area contributed by atoms with Crippen molar-refractivity contribution in [2.45, 2.75) is 19.5 Å². The van der Waals surface area contributed by atoms with Crippen molar-refractivity contribution in [3.63, 3.8) is 0 Å². The van der Waals surface area contributed by atoms with Crippen LogP contribution in [-0.2, 0) is 6.54 Å². The number of nitriles is 1. The van der Waals surface area contributed by atoms with Crippen LogP contribution in [0.4, 0.5) is 4.39 Å². The predicted octanol–water partition coefficient (Wildman–Crippen LogP) is 3.31. The van der Waals surface area contributed by atoms with Gasteiger partial charge in [-0.25, -0.2) is 9.07 Å². The number of nitrogens with zero attached hydrogens (tertiary/aromatic N) is 4. The average molecular weight is 376 g/mol. The van der Waals surface area contributed by atoms with E-state index in [-0.39, 0.29) is 18.4 Å². The minimum absolute atomic E-state index is 0.0306. The Morgan fingerprint density at radius 3 is 2.86 bits per heavy atom. The Morgan fingerprint density at radius 2 is 2.14 bits per heavy atom. The number of aromatic nitrogens is 2. The number of hydrogen-bond donors (Lipinski definition) is 2. The molecule has 0 amide bonds. The Bertz CT molecular complexity index is 1000. The molecule has 1 atom stereocenters. The highest BCUT2D eigenvalue weighted by Gasteiger charge is 2.10. The fraction of sp³-hybridized carbons (Fsp3) is 0.190. The molecule has 1 aromatic heterocycles. The van der Waals surface area contributed by atoms with Gasteiger partial charge in [0.2, 0.25) is 0 Å². The molecule has 0 radical (unpaired) electrons. The van der Waals surface area contributed by atoms with Crippen molar-refractivity contribution in [3.05, 3.63) is 83.4 Å². The molecule has 0 saturated carbocycles. The van der Waals surface area contributed by atoms with Gasteiger partial charge in [0.25, 0.3) is 0 Å². The highest BCUT2D eigenvalue weighted by Crippen LogP contribution is 2.16. The molecule has 3 aromatic rings. The summed E-state index contributed by atoms with van der Waals surface area (Å²) in [5.41, 5.74) is 2.86. The Labute approximate surface area is 163 Å². The van der Waals surface area contributed by atoms with E-state index >= 15 is 0 Å². The highest BCUT2D eigenvalue weighted by atomic mass is 19.1. The standard InChI is InChI=1S/C21H21FN6/c1-15(17-5-3-6-19(12-17)28-10-4-9-26-28)27-21(24-2)25-14-18-11-16(13-23)7-8-20(18)22/h3-12,15H,14H2,1-2H3,(H2,24,25,27). The van der Waals surface area contributed by atoms with E-state index in [2.05, 4.69) is 20.7 Å². The van der Waals surface area contributed by atoms with Crippen molar-refractivity contribution in [2.24, 2.45) is 4.99 Å². The zero-order valence-electron chi connectivity index (χ0n) is 15.7. The van der Waals surface area contributed by atoms with Gasteiger partial charge in [-0.05, 0) is 48.9 Å². The van der Waals surface area contributed by atoms with Gasteiger partial charge in [0, 0.05) is 31.5 Å². The van der Waals surface area contributed by atoms with Gasteiger partial charge in [0.05, 0.1) is 23.4 Å². The highest BCUT2D eigenvalue weighted by molar-refractivity contribution is 5.80. The fourth-order valence-electron chi connectivity index (χ4n) is 2.80. The quantitative estimate of drug-likeness (QED) is 0.529. The second-order valence-corrected chi connectivity index (χ2v) is 6.26. The molecule has 0 fully saturated rings. The van der Waals surface area contributed by atoms with Crippen LogP contribution in [0.1, 0.15) is 29.7 Å². The summed E-state index contributed by atoms with van der Waals surface area (Å²) < 4.78 is 15.7. The number of rotatable bonds is 5. The van der Waals surface area contributed by atoms with Crippen LogP contribution in [0.3, 0.4) is 0 Å². The van der Waals surface area contributed by atoms with Crippen molar-refractivity contribution in [1.29, 1.82) is 5.26 Å². The molecule has 2 N–H and O–H groups in total. The number of benzene rings is 2. The maximum absolute atomic E-state index is 13.9. The van der Waals surface area contributed by atoms with Crippen molar-refractivity contribution < 1.29 is 4.39 Å². The minimum Gasteiger partial charge on any atom is -0.352 e. The maximum atomic E-state index is 13.9. The third-order valence-electron chi connectivity index (χ3n) is 4.34. The number of halogens is 1. The first-order valence-electron chi connectivity index (χ1n) is 8.86. The van der Waals surface area contributed by atoms with E-state index in [9.17, 15) is 4.39 Å². The molecule has 6 nitrogen and oxygen atoms in total. The van der Waals surface area contributed by atoms with Gasteiger partial charge >= 0.3 is 0 Å². The summed E-state index contributed by atoms with van der Waals surface area (Å²) >= 11 is 0. The van der Waals surface area contributed by atoms with E-state index in [1.807, 2.05) is 49.5 Å². The zero-order chi connectivity index (χ0) is 19.9. The second-order valence-electron chi connectivity index (χ2n) is 6.26. The third kappa shape index (κ3) is 4.54. The predicted molar refractivity (Wildman–Crippen MR) is 106 cm³/mol. The molecule has 0 bridgehead atoms. The van der Waals surface area contributed by atoms with Crippen LogP contribution >= 0.6 is 0 Å². The largest absolute Gasteiger partial charge is 0.352 e. The molecule has 1 heterocycles. The van der Waals surface area contributed by atoms with Crippen LogP contribution in [-0.4, -0.2) is 22.8 Å². The van der Waals surface area contributed by atoms with E-state index in [0.29, 0.717) is 17.1 Å². The molecule has 0 saturated heterocycles. The van der Waals surface area contributed by atoms with Crippen molar-refractivity contribution >= 4 is 5.96 Å². The van der Waals surface area contributed by atoms with E-state index in [1.54, 1.807) is 17.9 Å². The maximum Gasteiger partial charge on any atom is 0.191 e. The van der Waals surface area contributed by atoms with Gasteiger partial charge in [0.15, 0.2) is 5.96 Å². The molecular formula is C21H21FN6. The molecule has 2 aromatic carbocycles. The summed E-state index contributed by atoms with van der Waals surface area (Å²) in [4.78, 5) is 4.20. The van der Waals surface area contributed by atoms with Crippen LogP contribution in [0.2, 0.25) is 0 Å². The topological polar surface area (TPSA) is 78.0 Å². The van der Waals surface area contributed by atoms with Crippen LogP contribution in [0.5, 0.6) is 0 Å². The number of nitrogens with one attached hydrogen (secondary N) is 2. The first-order chi connectivity index (χ1) is 13.6. The number of guanidine groups is 1. The molecule has 28 heavy (non-hydrogen) atoms. The van der Waals surface area contributed by atoms with Gasteiger partial charge in [-0.15, -0.1) is 0 Å². The normalized spacial score (nSPS) is 12.3. The first kappa shape index (κ1) is 19.1. The number of aliphatic imine (C=N–C) groups is 1. The summed E-state index contributed by atoms with van der Waals surface area (Å²) in [6.45, 7) is 2.24. The van der Waals surface area contributed by atoms with Gasteiger partial charge in [0.1, 0.15) is 5.82 Å². The molecule has 0 spiro atoms. The third-order valence-corrected chi connectivity index (χ3v) is 4.34. The number of hydrogen-bond acceptors (Lipinski definition) is 3. The summed E-state index contributed by atoms with van der Waals surface area (Å²) in [6.07, 6.45) is 3.63. The van der Waals surface area contributed by atoms with Crippen LogP contribution in [0.15, 0.2) is 65.9 Å². The molecule has 142 valence electrons. The van der Waals surface area contributed by atoms with E-state index in [1.165, 1.54) is 18.2 Å². The van der Waals surface area contributed by atoms with Gasteiger partial charge in [-0.2, -0.15) is 10.4 Å². The lowest BCUT2D eigenvalue weighted by atomic mass is 10.1. The van der Waals surface area contributed by atoms with Crippen molar-refractivity contribution in [2.75, 3.05) is 7.05 Å². The zero-order valence-corrected chi connectivity index (χ0v) is 15.7. The molecule has 7 heteroatoms. The Morgan fingerprint density at radius 1 is 1.29 bits per heavy atom. The molecule has 0 aliphatic carbocycles. The molecule has 3 rings (SSSR count). The fourth-order valence-corrected chi connectivity index (χ4v) is 2.80. The molecule has 0 aliphatic heterocycles. The molecular weight excluding hydrogens is 355 g/mol. The summed E-state index contributed by atoms with van der Waals surface area (Å²) in [5, 5.41) is 19.6. The Hall–Kier alpha value is -3.66. The lowest BCUT2D eigenvalue weighted by Crippen LogP contribution is -2.38. The second kappa shape index (κ2) is 8.82. The lowest BCUT2D eigenvalue weighted by Gasteiger charge is -2.19. The smallest absolute Gasteiger partial charge is 0.191 e. The monoisotopic (exact) mass is 376 g/mol. The van der Waals surface area contributed by atoms with Crippen LogP contribution in [0.25, 0.3) is 5.69 Å². The first-order valence-corrected chi connectivity index (χ1v) is 8.86. The summed E-state index contributed by atoms with van der Waals surface area (Å²) in [5.74, 6) is 0.181. The molecule has 1 unspecified atom stereocenters. The summed E-state index contributed by atoms with van der Waals surface area (Å²) in [6, 6.07) is 16.2. The van der Waals surface area contributed by atoms with Gasteiger partial charge in [-0.3, -0.25) is 4.99 Å². The van der Waals surface area contributed by atoms with E-state index < -0.39 is 0 Å². The lowest BCUT2D eigenvalue weighted by molar-refractivity contribution is 0.602. The van der Waals surface area contributed by atoms with Crippen molar-refractivity contribution in [3.8, 4) is 11.8 Å². The summed E-state index contributed by atoms with van der Waals surface area (Å²) in [7, 11) is 1.66. The Balaban J connectivity index is 1.67. The van der Waals surface area contributed by atoms with Gasteiger partial charge in [-0.1, -0.05) is 12.1 Å². The van der Waals surface area contributed by atoms with Crippen LogP contribution < -0.4 is 10.6 Å². The SMILES string of the molecule is CN=C(NCc1cc(C#N)ccc1F)NC(C)c1cccc(-n2cccn2)c1. The van der Waals surface area contributed by atoms with E-state index in [4.69, 9.17) is 5.26 Å². The van der Waals surface area contributed by atoms with E-state index in [0.717, 1.165) is 11.3 Å². The molecule has 0 aliphatic rings. The average Bonchev–Trinajstić information content (AvgIpc) is 3.27. The minimum atomic E-state index is -0.359. The van der Waals surface area contributed by atoms with Gasteiger partial charge < -0.3 is 10.6 Å².